The smallest absolute Gasteiger partial charge is 0.259 e. The zero-order valence-corrected chi connectivity index (χ0v) is 11.9. The maximum atomic E-state index is 12.0. The van der Waals surface area contributed by atoms with E-state index in [4.69, 9.17) is 0 Å². The average Bonchev–Trinajstić information content (AvgIpc) is 2.38. The molecule has 0 saturated heterocycles. The van der Waals surface area contributed by atoms with E-state index in [0.29, 0.717) is 16.7 Å². The molecular weight excluding hydrogens is 304 g/mol. The van der Waals surface area contributed by atoms with Crippen molar-refractivity contribution in [1.29, 1.82) is 0 Å². The summed E-state index contributed by atoms with van der Waals surface area (Å²) in [6.07, 6.45) is 0. The first kappa shape index (κ1) is 12.1. The zero-order chi connectivity index (χ0) is 13.4. The van der Waals surface area contributed by atoms with Crippen molar-refractivity contribution in [2.45, 2.75) is 6.92 Å². The van der Waals surface area contributed by atoms with Crippen molar-refractivity contribution < 1.29 is 0 Å². The zero-order valence-electron chi connectivity index (χ0n) is 10.3. The predicted molar refractivity (Wildman–Crippen MR) is 80.2 cm³/mol. The molecule has 0 radical (unpaired) electrons. The number of H-pyrrole nitrogens is 1. The van der Waals surface area contributed by atoms with Gasteiger partial charge in [-0.15, -0.1) is 0 Å². The Morgan fingerprint density at radius 3 is 2.74 bits per heavy atom. The van der Waals surface area contributed by atoms with Crippen LogP contribution in [-0.2, 0) is 0 Å². The number of hydrogen-bond donors (Lipinski definition) is 1. The van der Waals surface area contributed by atoms with Gasteiger partial charge in [0.05, 0.1) is 10.9 Å². The molecule has 2 aromatic carbocycles. The lowest BCUT2D eigenvalue weighted by Gasteiger charge is -2.06. The number of hydrogen-bond acceptors (Lipinski definition) is 2. The van der Waals surface area contributed by atoms with Gasteiger partial charge in [0.15, 0.2) is 0 Å². The number of rotatable bonds is 1. The molecule has 0 atom stereocenters. The Kier molecular flexibility index (Phi) is 2.95. The Bertz CT molecular complexity index is 824. The first-order valence-electron chi connectivity index (χ1n) is 5.91. The monoisotopic (exact) mass is 314 g/mol. The highest BCUT2D eigenvalue weighted by molar-refractivity contribution is 9.10. The lowest BCUT2D eigenvalue weighted by molar-refractivity contribution is 1.17. The van der Waals surface area contributed by atoms with Crippen LogP contribution in [-0.4, -0.2) is 9.97 Å². The molecule has 0 spiro atoms. The van der Waals surface area contributed by atoms with Crippen molar-refractivity contribution in [3.8, 4) is 11.4 Å². The van der Waals surface area contributed by atoms with Gasteiger partial charge >= 0.3 is 0 Å². The summed E-state index contributed by atoms with van der Waals surface area (Å²) in [6, 6.07) is 13.3. The van der Waals surface area contributed by atoms with E-state index < -0.39 is 0 Å². The Balaban J connectivity index is 2.28. The molecule has 0 saturated carbocycles. The van der Waals surface area contributed by atoms with Gasteiger partial charge in [0.1, 0.15) is 5.82 Å². The molecule has 19 heavy (non-hydrogen) atoms. The third-order valence-corrected chi connectivity index (χ3v) is 3.65. The number of halogens is 1. The van der Waals surface area contributed by atoms with Crippen LogP contribution in [0.1, 0.15) is 5.56 Å². The van der Waals surface area contributed by atoms with Crippen LogP contribution < -0.4 is 5.56 Å². The summed E-state index contributed by atoms with van der Waals surface area (Å²) >= 11 is 3.51. The predicted octanol–water partition coefficient (Wildman–Crippen LogP) is 3.66. The molecular formula is C15H11BrN2O. The van der Waals surface area contributed by atoms with E-state index in [1.54, 1.807) is 6.07 Å². The maximum absolute atomic E-state index is 12.0. The van der Waals surface area contributed by atoms with E-state index in [0.717, 1.165) is 15.6 Å². The van der Waals surface area contributed by atoms with Gasteiger partial charge in [0, 0.05) is 10.0 Å². The number of aryl methyl sites for hydroxylation is 1. The lowest BCUT2D eigenvalue weighted by atomic mass is 10.1. The lowest BCUT2D eigenvalue weighted by Crippen LogP contribution is -2.09. The van der Waals surface area contributed by atoms with Gasteiger partial charge in [-0.05, 0) is 36.8 Å². The molecule has 3 rings (SSSR count). The third kappa shape index (κ3) is 2.19. The third-order valence-electron chi connectivity index (χ3n) is 2.99. The van der Waals surface area contributed by atoms with Crippen molar-refractivity contribution >= 4 is 26.8 Å². The minimum absolute atomic E-state index is 0.118. The maximum Gasteiger partial charge on any atom is 0.259 e. The molecule has 1 heterocycles. The van der Waals surface area contributed by atoms with Crippen LogP contribution in [0.25, 0.3) is 22.3 Å². The minimum atomic E-state index is -0.118. The van der Waals surface area contributed by atoms with Crippen LogP contribution in [0.3, 0.4) is 0 Å². The van der Waals surface area contributed by atoms with Crippen LogP contribution in [0.2, 0.25) is 0 Å². The Hall–Kier alpha value is -1.94. The van der Waals surface area contributed by atoms with Crippen molar-refractivity contribution in [3.63, 3.8) is 0 Å². The minimum Gasteiger partial charge on any atom is -0.306 e. The number of fused-ring (bicyclic) bond motifs is 1. The molecule has 4 heteroatoms. The highest BCUT2D eigenvalue weighted by atomic mass is 79.9. The Labute approximate surface area is 118 Å². The molecule has 3 nitrogen and oxygen atoms in total. The summed E-state index contributed by atoms with van der Waals surface area (Å²) < 4.78 is 0.922. The summed E-state index contributed by atoms with van der Waals surface area (Å²) in [5.41, 5.74) is 2.62. The van der Waals surface area contributed by atoms with Crippen molar-refractivity contribution in [2.24, 2.45) is 0 Å². The van der Waals surface area contributed by atoms with Crippen LogP contribution in [0, 0.1) is 6.92 Å². The number of aromatic nitrogens is 2. The van der Waals surface area contributed by atoms with Crippen molar-refractivity contribution in [1.82, 2.24) is 9.97 Å². The molecule has 1 aromatic heterocycles. The van der Waals surface area contributed by atoms with Crippen molar-refractivity contribution in [2.75, 3.05) is 0 Å². The molecule has 1 N–H and O–H groups in total. The van der Waals surface area contributed by atoms with Gasteiger partial charge < -0.3 is 4.98 Å². The van der Waals surface area contributed by atoms with Crippen LogP contribution >= 0.6 is 15.9 Å². The summed E-state index contributed by atoms with van der Waals surface area (Å²) in [6.45, 7) is 2.02. The molecule has 0 aliphatic rings. The fraction of sp³-hybridized carbons (Fsp3) is 0.0667. The summed E-state index contributed by atoms with van der Waals surface area (Å²) in [4.78, 5) is 19.4. The van der Waals surface area contributed by atoms with E-state index in [9.17, 15) is 4.79 Å². The largest absolute Gasteiger partial charge is 0.306 e. The summed E-state index contributed by atoms with van der Waals surface area (Å²) in [5.74, 6) is 0.579. The standard InChI is InChI=1S/C15H11BrN2O/c1-9-6-7-10(12(16)8-9)14-17-13-5-3-2-4-11(13)15(19)18-14/h2-8H,1H3,(H,17,18,19). The van der Waals surface area contributed by atoms with E-state index in [-0.39, 0.29) is 5.56 Å². The van der Waals surface area contributed by atoms with Crippen LogP contribution in [0.5, 0.6) is 0 Å². The van der Waals surface area contributed by atoms with Crippen molar-refractivity contribution in [3.05, 3.63) is 62.9 Å². The highest BCUT2D eigenvalue weighted by Gasteiger charge is 2.08. The van der Waals surface area contributed by atoms with Gasteiger partial charge in [0.2, 0.25) is 0 Å². The first-order valence-corrected chi connectivity index (χ1v) is 6.70. The summed E-state index contributed by atoms with van der Waals surface area (Å²) in [7, 11) is 0. The number of nitrogens with one attached hydrogen (secondary N) is 1. The molecule has 3 aromatic rings. The van der Waals surface area contributed by atoms with Crippen LogP contribution in [0.15, 0.2) is 51.7 Å². The number of aromatic amines is 1. The second kappa shape index (κ2) is 4.63. The van der Waals surface area contributed by atoms with E-state index >= 15 is 0 Å². The van der Waals surface area contributed by atoms with Gasteiger partial charge in [-0.1, -0.05) is 34.1 Å². The quantitative estimate of drug-likeness (QED) is 0.745. The van der Waals surface area contributed by atoms with E-state index in [2.05, 4.69) is 25.9 Å². The first-order chi connectivity index (χ1) is 9.15. The molecule has 94 valence electrons. The number of benzene rings is 2. The second-order valence-corrected chi connectivity index (χ2v) is 5.27. The fourth-order valence-corrected chi connectivity index (χ4v) is 2.71. The van der Waals surface area contributed by atoms with E-state index in [1.165, 1.54) is 0 Å². The number of para-hydroxylation sites is 1. The van der Waals surface area contributed by atoms with Gasteiger partial charge in [-0.25, -0.2) is 4.98 Å². The van der Waals surface area contributed by atoms with Gasteiger partial charge in [0.25, 0.3) is 5.56 Å². The van der Waals surface area contributed by atoms with Gasteiger partial charge in [-0.3, -0.25) is 4.79 Å². The average molecular weight is 315 g/mol. The van der Waals surface area contributed by atoms with E-state index in [1.807, 2.05) is 43.3 Å². The highest BCUT2D eigenvalue weighted by Crippen LogP contribution is 2.26. The van der Waals surface area contributed by atoms with Gasteiger partial charge in [-0.2, -0.15) is 0 Å². The molecule has 0 aliphatic carbocycles. The SMILES string of the molecule is Cc1ccc(-c2nc3ccccc3c(=O)[nH]2)c(Br)c1. The summed E-state index contributed by atoms with van der Waals surface area (Å²) in [5, 5.41) is 0.606. The Morgan fingerprint density at radius 2 is 1.95 bits per heavy atom. The molecule has 0 amide bonds. The normalized spacial score (nSPS) is 10.8. The fourth-order valence-electron chi connectivity index (χ4n) is 2.03. The molecule has 0 bridgehead atoms. The molecule has 0 aliphatic heterocycles. The topological polar surface area (TPSA) is 45.8 Å². The molecule has 0 fully saturated rings. The number of nitrogens with zero attached hydrogens (tertiary/aromatic N) is 1. The Morgan fingerprint density at radius 1 is 1.16 bits per heavy atom. The second-order valence-electron chi connectivity index (χ2n) is 4.41. The van der Waals surface area contributed by atoms with Crippen LogP contribution in [0.4, 0.5) is 0 Å². The molecule has 0 unspecified atom stereocenters.